The van der Waals surface area contributed by atoms with E-state index in [-0.39, 0.29) is 30.0 Å². The first kappa shape index (κ1) is 17.2. The standard InChI is InChI=1S/C18H16BrN3O3/c1-11-6-7-12(10-15(11)19)20-16(23)8-9-22-18(25)14-5-3-2-4-13(14)17(24)21-22/h2-7,10H,8-9H2,1H3,(H,20,23)(H,21,24). The number of aromatic amines is 1. The minimum absolute atomic E-state index is 0.0691. The van der Waals surface area contributed by atoms with Crippen LogP contribution in [0.4, 0.5) is 5.69 Å². The molecular weight excluding hydrogens is 386 g/mol. The van der Waals surface area contributed by atoms with Crippen molar-refractivity contribution in [2.75, 3.05) is 5.32 Å². The van der Waals surface area contributed by atoms with Crippen molar-refractivity contribution in [3.05, 3.63) is 73.2 Å². The molecule has 7 heteroatoms. The van der Waals surface area contributed by atoms with E-state index >= 15 is 0 Å². The van der Waals surface area contributed by atoms with E-state index < -0.39 is 0 Å². The highest BCUT2D eigenvalue weighted by molar-refractivity contribution is 9.10. The lowest BCUT2D eigenvalue weighted by atomic mass is 10.2. The molecule has 0 bridgehead atoms. The average molecular weight is 402 g/mol. The molecule has 128 valence electrons. The van der Waals surface area contributed by atoms with E-state index in [9.17, 15) is 14.4 Å². The number of benzene rings is 2. The van der Waals surface area contributed by atoms with Crippen LogP contribution in [0.5, 0.6) is 0 Å². The summed E-state index contributed by atoms with van der Waals surface area (Å²) in [5.41, 5.74) is 1.07. The van der Waals surface area contributed by atoms with Gasteiger partial charge >= 0.3 is 0 Å². The minimum Gasteiger partial charge on any atom is -0.326 e. The van der Waals surface area contributed by atoms with Gasteiger partial charge in [-0.05, 0) is 36.8 Å². The molecule has 2 N–H and O–H groups in total. The molecule has 0 aliphatic heterocycles. The second-order valence-electron chi connectivity index (χ2n) is 5.71. The molecule has 0 saturated heterocycles. The van der Waals surface area contributed by atoms with E-state index in [4.69, 9.17) is 0 Å². The van der Waals surface area contributed by atoms with Gasteiger partial charge in [0, 0.05) is 16.6 Å². The molecule has 0 atom stereocenters. The highest BCUT2D eigenvalue weighted by Gasteiger charge is 2.09. The Bertz CT molecular complexity index is 1070. The van der Waals surface area contributed by atoms with Gasteiger partial charge in [-0.2, -0.15) is 0 Å². The van der Waals surface area contributed by atoms with E-state index in [1.165, 1.54) is 4.68 Å². The minimum atomic E-state index is -0.349. The predicted molar refractivity (Wildman–Crippen MR) is 101 cm³/mol. The van der Waals surface area contributed by atoms with Crippen molar-refractivity contribution in [1.29, 1.82) is 0 Å². The molecule has 0 saturated carbocycles. The molecule has 6 nitrogen and oxygen atoms in total. The van der Waals surface area contributed by atoms with E-state index in [0.717, 1.165) is 10.0 Å². The molecule has 0 aliphatic carbocycles. The number of aryl methyl sites for hydroxylation is 2. The van der Waals surface area contributed by atoms with Gasteiger partial charge in [0.2, 0.25) is 5.91 Å². The van der Waals surface area contributed by atoms with Crippen molar-refractivity contribution in [2.24, 2.45) is 0 Å². The summed E-state index contributed by atoms with van der Waals surface area (Å²) in [6.07, 6.45) is 0.0691. The molecule has 1 heterocycles. The summed E-state index contributed by atoms with van der Waals surface area (Å²) >= 11 is 3.42. The molecule has 2 aromatic carbocycles. The third kappa shape index (κ3) is 3.71. The Hall–Kier alpha value is -2.67. The number of anilines is 1. The van der Waals surface area contributed by atoms with Crippen molar-refractivity contribution in [2.45, 2.75) is 19.9 Å². The fraction of sp³-hybridized carbons (Fsp3) is 0.167. The van der Waals surface area contributed by atoms with Crippen LogP contribution in [0.15, 0.2) is 56.5 Å². The van der Waals surface area contributed by atoms with E-state index in [1.807, 2.05) is 25.1 Å². The van der Waals surface area contributed by atoms with Gasteiger partial charge in [-0.3, -0.25) is 19.5 Å². The number of amides is 1. The fourth-order valence-corrected chi connectivity index (χ4v) is 2.89. The maximum Gasteiger partial charge on any atom is 0.273 e. The van der Waals surface area contributed by atoms with Gasteiger partial charge in [0.05, 0.1) is 17.3 Å². The fourth-order valence-electron chi connectivity index (χ4n) is 2.51. The Labute approximate surface area is 151 Å². The van der Waals surface area contributed by atoms with Crippen molar-refractivity contribution >= 4 is 38.3 Å². The Morgan fingerprint density at radius 2 is 1.88 bits per heavy atom. The van der Waals surface area contributed by atoms with Crippen LogP contribution in [-0.2, 0) is 11.3 Å². The summed E-state index contributed by atoms with van der Waals surface area (Å²) in [6, 6.07) is 12.1. The third-order valence-electron chi connectivity index (χ3n) is 3.90. The summed E-state index contributed by atoms with van der Waals surface area (Å²) in [5, 5.41) is 5.98. The van der Waals surface area contributed by atoms with Gasteiger partial charge in [-0.15, -0.1) is 0 Å². The first-order valence-electron chi connectivity index (χ1n) is 7.73. The Balaban J connectivity index is 1.75. The second-order valence-corrected chi connectivity index (χ2v) is 6.56. The molecule has 0 aliphatic rings. The number of hydrogen-bond donors (Lipinski definition) is 2. The number of rotatable bonds is 4. The van der Waals surface area contributed by atoms with Crippen LogP contribution in [0.25, 0.3) is 10.8 Å². The zero-order chi connectivity index (χ0) is 18.0. The lowest BCUT2D eigenvalue weighted by Crippen LogP contribution is -2.31. The number of carbonyl (C=O) groups excluding carboxylic acids is 1. The highest BCUT2D eigenvalue weighted by Crippen LogP contribution is 2.20. The number of nitrogens with zero attached hydrogens (tertiary/aromatic N) is 1. The number of H-pyrrole nitrogens is 1. The molecular formula is C18H16BrN3O3. The van der Waals surface area contributed by atoms with Crippen LogP contribution in [0, 0.1) is 6.92 Å². The molecule has 0 unspecified atom stereocenters. The van der Waals surface area contributed by atoms with Gasteiger partial charge in [-0.25, -0.2) is 4.68 Å². The molecule has 1 amide bonds. The number of hydrogen-bond acceptors (Lipinski definition) is 3. The Kier molecular flexibility index (Phi) is 4.85. The third-order valence-corrected chi connectivity index (χ3v) is 4.76. The van der Waals surface area contributed by atoms with Crippen LogP contribution < -0.4 is 16.4 Å². The number of halogens is 1. The number of nitrogens with one attached hydrogen (secondary N) is 2. The normalized spacial score (nSPS) is 10.8. The second kappa shape index (κ2) is 7.06. The van der Waals surface area contributed by atoms with Gasteiger partial charge in [0.1, 0.15) is 0 Å². The van der Waals surface area contributed by atoms with Crippen molar-refractivity contribution in [3.63, 3.8) is 0 Å². The first-order chi connectivity index (χ1) is 12.0. The molecule has 0 fully saturated rings. The van der Waals surface area contributed by atoms with Crippen molar-refractivity contribution in [1.82, 2.24) is 9.78 Å². The lowest BCUT2D eigenvalue weighted by molar-refractivity contribution is -0.116. The quantitative estimate of drug-likeness (QED) is 0.704. The maximum atomic E-state index is 12.4. The Morgan fingerprint density at radius 1 is 1.16 bits per heavy atom. The average Bonchev–Trinajstić information content (AvgIpc) is 2.60. The number of fused-ring (bicyclic) bond motifs is 1. The van der Waals surface area contributed by atoms with E-state index in [1.54, 1.807) is 24.3 Å². The summed E-state index contributed by atoms with van der Waals surface area (Å²) in [7, 11) is 0. The number of carbonyl (C=O) groups is 1. The van der Waals surface area contributed by atoms with Crippen LogP contribution in [0.1, 0.15) is 12.0 Å². The predicted octanol–water partition coefficient (Wildman–Crippen LogP) is 2.79. The zero-order valence-electron chi connectivity index (χ0n) is 13.5. The van der Waals surface area contributed by atoms with Gasteiger partial charge in [-0.1, -0.05) is 34.1 Å². The molecule has 25 heavy (non-hydrogen) atoms. The monoisotopic (exact) mass is 401 g/mol. The smallest absolute Gasteiger partial charge is 0.273 e. The largest absolute Gasteiger partial charge is 0.326 e. The molecule has 3 aromatic rings. The maximum absolute atomic E-state index is 12.4. The van der Waals surface area contributed by atoms with Crippen molar-refractivity contribution < 1.29 is 4.79 Å². The zero-order valence-corrected chi connectivity index (χ0v) is 15.1. The summed E-state index contributed by atoms with van der Waals surface area (Å²) in [5.74, 6) is -0.239. The lowest BCUT2D eigenvalue weighted by Gasteiger charge is -2.09. The Morgan fingerprint density at radius 3 is 2.60 bits per heavy atom. The van der Waals surface area contributed by atoms with Crippen molar-refractivity contribution in [3.8, 4) is 0 Å². The first-order valence-corrected chi connectivity index (χ1v) is 8.53. The van der Waals surface area contributed by atoms with E-state index in [2.05, 4.69) is 26.3 Å². The topological polar surface area (TPSA) is 84.0 Å². The SMILES string of the molecule is Cc1ccc(NC(=O)CCn2[nH]c(=O)c3ccccc3c2=O)cc1Br. The summed E-state index contributed by atoms with van der Waals surface area (Å²) in [6.45, 7) is 2.05. The van der Waals surface area contributed by atoms with Crippen LogP contribution >= 0.6 is 15.9 Å². The van der Waals surface area contributed by atoms with Crippen LogP contribution in [0.3, 0.4) is 0 Å². The van der Waals surface area contributed by atoms with Crippen LogP contribution in [-0.4, -0.2) is 15.7 Å². The van der Waals surface area contributed by atoms with Gasteiger partial charge in [0.15, 0.2) is 0 Å². The summed E-state index contributed by atoms with van der Waals surface area (Å²) in [4.78, 5) is 36.5. The molecule has 3 rings (SSSR count). The van der Waals surface area contributed by atoms with Gasteiger partial charge in [0.25, 0.3) is 11.1 Å². The molecule has 0 radical (unpaired) electrons. The molecule has 1 aromatic heterocycles. The molecule has 0 spiro atoms. The van der Waals surface area contributed by atoms with Gasteiger partial charge < -0.3 is 5.32 Å². The van der Waals surface area contributed by atoms with E-state index in [0.29, 0.717) is 16.5 Å². The summed E-state index contributed by atoms with van der Waals surface area (Å²) < 4.78 is 2.08. The highest BCUT2D eigenvalue weighted by atomic mass is 79.9. The number of aromatic nitrogens is 2. The van der Waals surface area contributed by atoms with Crippen LogP contribution in [0.2, 0.25) is 0 Å².